The van der Waals surface area contributed by atoms with Crippen molar-refractivity contribution in [2.45, 2.75) is 19.9 Å². The summed E-state index contributed by atoms with van der Waals surface area (Å²) in [5.41, 5.74) is 2.29. The van der Waals surface area contributed by atoms with Crippen molar-refractivity contribution in [1.82, 2.24) is 20.4 Å². The molecule has 3 aromatic rings. The molecule has 0 fully saturated rings. The summed E-state index contributed by atoms with van der Waals surface area (Å²) in [5, 5.41) is 10.1. The van der Waals surface area contributed by atoms with Crippen LogP contribution in [0.5, 0.6) is 11.5 Å². The third-order valence-corrected chi connectivity index (χ3v) is 4.73. The minimum Gasteiger partial charge on any atom is -0.493 e. The number of rotatable bonds is 8. The first-order chi connectivity index (χ1) is 15.0. The average Bonchev–Trinajstić information content (AvgIpc) is 3.25. The van der Waals surface area contributed by atoms with E-state index >= 15 is 0 Å². The normalized spacial score (nSPS) is 11.5. The number of nitrogens with zero attached hydrogens (tertiary/aromatic N) is 2. The minimum absolute atomic E-state index is 0.251. The van der Waals surface area contributed by atoms with Gasteiger partial charge in [0.15, 0.2) is 11.5 Å². The molecule has 0 radical (unpaired) electrons. The molecule has 0 spiro atoms. The SMILES string of the molecule is CCNC(=O)[C@H](C)NC(=O)c1cn(-c2ccccc2)nc1-c1ccc(OC)c(OC)c1. The van der Waals surface area contributed by atoms with Crippen molar-refractivity contribution in [2.24, 2.45) is 0 Å². The lowest BCUT2D eigenvalue weighted by molar-refractivity contribution is -0.122. The molecule has 0 aliphatic rings. The van der Waals surface area contributed by atoms with E-state index in [1.807, 2.05) is 43.3 Å². The van der Waals surface area contributed by atoms with E-state index in [0.717, 1.165) is 5.69 Å². The minimum atomic E-state index is -0.689. The number of carbonyl (C=O) groups is 2. The van der Waals surface area contributed by atoms with Gasteiger partial charge in [0.05, 0.1) is 25.5 Å². The van der Waals surface area contributed by atoms with E-state index in [9.17, 15) is 9.59 Å². The molecular weight excluding hydrogens is 396 g/mol. The molecule has 1 heterocycles. The average molecular weight is 422 g/mol. The Morgan fingerprint density at radius 3 is 2.42 bits per heavy atom. The van der Waals surface area contributed by atoms with Gasteiger partial charge >= 0.3 is 0 Å². The van der Waals surface area contributed by atoms with Gasteiger partial charge in [-0.25, -0.2) is 4.68 Å². The van der Waals surface area contributed by atoms with Crippen molar-refractivity contribution in [3.05, 3.63) is 60.3 Å². The van der Waals surface area contributed by atoms with Gasteiger partial charge in [0.25, 0.3) is 5.91 Å². The largest absolute Gasteiger partial charge is 0.493 e. The summed E-state index contributed by atoms with van der Waals surface area (Å²) in [6.45, 7) is 3.95. The van der Waals surface area contributed by atoms with Crippen LogP contribution in [0.15, 0.2) is 54.7 Å². The Morgan fingerprint density at radius 1 is 1.06 bits per heavy atom. The number of benzene rings is 2. The molecule has 0 unspecified atom stereocenters. The molecule has 31 heavy (non-hydrogen) atoms. The monoisotopic (exact) mass is 422 g/mol. The molecule has 0 aliphatic carbocycles. The Morgan fingerprint density at radius 2 is 1.77 bits per heavy atom. The zero-order chi connectivity index (χ0) is 22.4. The van der Waals surface area contributed by atoms with Crippen molar-refractivity contribution in [2.75, 3.05) is 20.8 Å². The number of methoxy groups -OCH3 is 2. The topological polar surface area (TPSA) is 94.5 Å². The van der Waals surface area contributed by atoms with E-state index in [1.165, 1.54) is 0 Å². The fourth-order valence-corrected chi connectivity index (χ4v) is 3.12. The van der Waals surface area contributed by atoms with Crippen LogP contribution in [0.25, 0.3) is 16.9 Å². The van der Waals surface area contributed by atoms with E-state index in [0.29, 0.717) is 34.9 Å². The summed E-state index contributed by atoms with van der Waals surface area (Å²) < 4.78 is 12.3. The molecule has 2 N–H and O–H groups in total. The maximum absolute atomic E-state index is 13.1. The fourth-order valence-electron chi connectivity index (χ4n) is 3.12. The van der Waals surface area contributed by atoms with E-state index in [4.69, 9.17) is 9.47 Å². The Kier molecular flexibility index (Phi) is 6.92. The van der Waals surface area contributed by atoms with Crippen molar-refractivity contribution < 1.29 is 19.1 Å². The summed E-state index contributed by atoms with van der Waals surface area (Å²) in [7, 11) is 3.11. The summed E-state index contributed by atoms with van der Waals surface area (Å²) >= 11 is 0. The lowest BCUT2D eigenvalue weighted by atomic mass is 10.1. The number of hydrogen-bond acceptors (Lipinski definition) is 5. The summed E-state index contributed by atoms with van der Waals surface area (Å²) in [6.07, 6.45) is 1.65. The molecular formula is C23H26N4O4. The van der Waals surface area contributed by atoms with E-state index in [1.54, 1.807) is 44.2 Å². The van der Waals surface area contributed by atoms with Crippen molar-refractivity contribution in [1.29, 1.82) is 0 Å². The predicted molar refractivity (Wildman–Crippen MR) is 118 cm³/mol. The predicted octanol–water partition coefficient (Wildman–Crippen LogP) is 2.81. The summed E-state index contributed by atoms with van der Waals surface area (Å²) in [4.78, 5) is 25.1. The third kappa shape index (κ3) is 4.85. The molecule has 0 aliphatic heterocycles. The first kappa shape index (κ1) is 21.9. The Labute approximate surface area is 181 Å². The molecule has 0 saturated carbocycles. The number of carbonyl (C=O) groups excluding carboxylic acids is 2. The second kappa shape index (κ2) is 9.80. The number of ether oxygens (including phenoxy) is 2. The maximum Gasteiger partial charge on any atom is 0.255 e. The lowest BCUT2D eigenvalue weighted by Gasteiger charge is -2.13. The number of amides is 2. The van der Waals surface area contributed by atoms with Gasteiger partial charge < -0.3 is 20.1 Å². The van der Waals surface area contributed by atoms with Gasteiger partial charge in [-0.3, -0.25) is 9.59 Å². The molecule has 1 aromatic heterocycles. The van der Waals surface area contributed by atoms with Crippen LogP contribution in [0.2, 0.25) is 0 Å². The molecule has 3 rings (SSSR count). The Hall–Kier alpha value is -3.81. The van der Waals surface area contributed by atoms with Crippen LogP contribution in [0.1, 0.15) is 24.2 Å². The first-order valence-electron chi connectivity index (χ1n) is 9.94. The zero-order valence-corrected chi connectivity index (χ0v) is 18.0. The second-order valence-corrected chi connectivity index (χ2v) is 6.83. The van der Waals surface area contributed by atoms with Crippen LogP contribution >= 0.6 is 0 Å². The molecule has 2 aromatic carbocycles. The number of nitrogens with one attached hydrogen (secondary N) is 2. The molecule has 2 amide bonds. The van der Waals surface area contributed by atoms with Crippen LogP contribution in [0, 0.1) is 0 Å². The highest BCUT2D eigenvalue weighted by Gasteiger charge is 2.23. The molecule has 0 bridgehead atoms. The first-order valence-corrected chi connectivity index (χ1v) is 9.94. The summed E-state index contributed by atoms with van der Waals surface area (Å²) in [5.74, 6) is 0.450. The van der Waals surface area contributed by atoms with Crippen LogP contribution in [-0.2, 0) is 4.79 Å². The molecule has 0 saturated heterocycles. The zero-order valence-electron chi connectivity index (χ0n) is 18.0. The highest BCUT2D eigenvalue weighted by atomic mass is 16.5. The van der Waals surface area contributed by atoms with Gasteiger partial charge in [-0.15, -0.1) is 0 Å². The van der Waals surface area contributed by atoms with E-state index < -0.39 is 11.9 Å². The van der Waals surface area contributed by atoms with Crippen molar-refractivity contribution in [3.63, 3.8) is 0 Å². The van der Waals surface area contributed by atoms with Crippen LogP contribution < -0.4 is 20.1 Å². The Balaban J connectivity index is 2.04. The van der Waals surface area contributed by atoms with E-state index in [-0.39, 0.29) is 5.91 Å². The van der Waals surface area contributed by atoms with Crippen LogP contribution in [0.4, 0.5) is 0 Å². The molecule has 8 nitrogen and oxygen atoms in total. The number of aromatic nitrogens is 2. The molecule has 1 atom stereocenters. The third-order valence-electron chi connectivity index (χ3n) is 4.73. The van der Waals surface area contributed by atoms with Crippen molar-refractivity contribution >= 4 is 11.8 Å². The van der Waals surface area contributed by atoms with Crippen LogP contribution in [-0.4, -0.2) is 48.4 Å². The van der Waals surface area contributed by atoms with Crippen molar-refractivity contribution in [3.8, 4) is 28.4 Å². The number of hydrogen-bond donors (Lipinski definition) is 2. The van der Waals surface area contributed by atoms with Gasteiger partial charge in [0, 0.05) is 18.3 Å². The number of likely N-dealkylation sites (N-methyl/N-ethyl adjacent to an activating group) is 1. The summed E-state index contributed by atoms with van der Waals surface area (Å²) in [6, 6.07) is 14.1. The maximum atomic E-state index is 13.1. The highest BCUT2D eigenvalue weighted by Crippen LogP contribution is 2.33. The van der Waals surface area contributed by atoms with Gasteiger partial charge in [-0.1, -0.05) is 18.2 Å². The van der Waals surface area contributed by atoms with E-state index in [2.05, 4.69) is 15.7 Å². The Bertz CT molecular complexity index is 1060. The van der Waals surface area contributed by atoms with Gasteiger partial charge in [0.2, 0.25) is 5.91 Å². The lowest BCUT2D eigenvalue weighted by Crippen LogP contribution is -2.44. The standard InChI is InChI=1S/C23H26N4O4/c1-5-24-22(28)15(2)25-23(29)18-14-27(17-9-7-6-8-10-17)26-21(18)16-11-12-19(30-3)20(13-16)31-4/h6-15H,5H2,1-4H3,(H,24,28)(H,25,29)/t15-/m0/s1. The van der Waals surface area contributed by atoms with Gasteiger partial charge in [0.1, 0.15) is 11.7 Å². The van der Waals surface area contributed by atoms with Gasteiger partial charge in [-0.05, 0) is 44.2 Å². The molecule has 8 heteroatoms. The second-order valence-electron chi connectivity index (χ2n) is 6.83. The quantitative estimate of drug-likeness (QED) is 0.582. The smallest absolute Gasteiger partial charge is 0.255 e. The molecule has 162 valence electrons. The highest BCUT2D eigenvalue weighted by molar-refractivity contribution is 6.02. The van der Waals surface area contributed by atoms with Gasteiger partial charge in [-0.2, -0.15) is 5.10 Å². The fraction of sp³-hybridized carbons (Fsp3) is 0.261. The van der Waals surface area contributed by atoms with Crippen LogP contribution in [0.3, 0.4) is 0 Å². The number of para-hydroxylation sites is 1.